The molecular formula is C38H36FeP2. The van der Waals surface area contributed by atoms with Gasteiger partial charge in [-0.2, -0.15) is 24.3 Å². The van der Waals surface area contributed by atoms with Gasteiger partial charge in [0, 0.05) is 0 Å². The van der Waals surface area contributed by atoms with Crippen LogP contribution in [0.1, 0.15) is 22.3 Å². The van der Waals surface area contributed by atoms with Crippen LogP contribution >= 0.6 is 15.8 Å². The normalized spacial score (nSPS) is 10.6. The molecule has 0 N–H and O–H groups in total. The van der Waals surface area contributed by atoms with Crippen LogP contribution in [-0.4, -0.2) is 0 Å². The van der Waals surface area contributed by atoms with E-state index in [9.17, 15) is 0 Å². The van der Waals surface area contributed by atoms with Gasteiger partial charge in [-0.25, -0.2) is 24.3 Å². The SMILES string of the molecule is [Fe+2].c1ccc(CP(Cc2ccccc2)c2ccc[cH-]2)cc1.c1ccc(CP(Cc2ccccc2)c2ccc[cH-]2)cc1. The molecule has 3 heteroatoms. The summed E-state index contributed by atoms with van der Waals surface area (Å²) in [5.41, 5.74) is 5.76. The van der Waals surface area contributed by atoms with Gasteiger partial charge in [-0.15, -0.1) is 10.6 Å². The summed E-state index contributed by atoms with van der Waals surface area (Å²) in [4.78, 5) is 0. The summed E-state index contributed by atoms with van der Waals surface area (Å²) >= 11 is 0. The van der Waals surface area contributed by atoms with Crippen LogP contribution in [0.15, 0.2) is 170 Å². The maximum absolute atomic E-state index is 2.28. The van der Waals surface area contributed by atoms with Gasteiger partial charge < -0.3 is 0 Å². The minimum absolute atomic E-state index is 0. The third-order valence-corrected chi connectivity index (χ3v) is 11.9. The van der Waals surface area contributed by atoms with Gasteiger partial charge in [0.25, 0.3) is 0 Å². The smallest absolute Gasteiger partial charge is 0.213 e. The molecule has 0 aliphatic carbocycles. The van der Waals surface area contributed by atoms with Gasteiger partial charge >= 0.3 is 17.1 Å². The van der Waals surface area contributed by atoms with Gasteiger partial charge in [0.05, 0.1) is 0 Å². The molecule has 0 heterocycles. The standard InChI is InChI=1S/2C19H18P.Fe/c2*1-3-9-17(10-4-1)15-20(19-13-7-8-14-19)16-18-11-5-2-6-12-18;/h2*1-14H,15-16H2;/q2*-1;+2. The van der Waals surface area contributed by atoms with E-state index >= 15 is 0 Å². The van der Waals surface area contributed by atoms with E-state index in [1.165, 1.54) is 32.9 Å². The maximum atomic E-state index is 2.28. The summed E-state index contributed by atoms with van der Waals surface area (Å²) in [6, 6.07) is 61.1. The molecule has 0 amide bonds. The molecule has 6 aromatic carbocycles. The van der Waals surface area contributed by atoms with Crippen molar-refractivity contribution in [3.63, 3.8) is 0 Å². The van der Waals surface area contributed by atoms with E-state index in [0.29, 0.717) is 0 Å². The van der Waals surface area contributed by atoms with Crippen LogP contribution < -0.4 is 10.6 Å². The van der Waals surface area contributed by atoms with E-state index in [1.54, 1.807) is 0 Å². The Labute approximate surface area is 259 Å². The Balaban J connectivity index is 0.000000184. The van der Waals surface area contributed by atoms with Crippen molar-refractivity contribution in [1.82, 2.24) is 0 Å². The van der Waals surface area contributed by atoms with Gasteiger partial charge in [0.15, 0.2) is 0 Å². The molecule has 0 nitrogen and oxygen atoms in total. The van der Waals surface area contributed by atoms with Gasteiger partial charge in [0.1, 0.15) is 0 Å². The number of benzene rings is 4. The maximum Gasteiger partial charge on any atom is 2.00 e. The summed E-state index contributed by atoms with van der Waals surface area (Å²) in [5.74, 6) is 0. The van der Waals surface area contributed by atoms with Crippen LogP contribution in [0.4, 0.5) is 0 Å². The van der Waals surface area contributed by atoms with Crippen LogP contribution in [0.2, 0.25) is 0 Å². The first-order valence-corrected chi connectivity index (χ1v) is 17.3. The molecular weight excluding hydrogens is 574 g/mol. The molecule has 6 rings (SSSR count). The molecule has 0 bridgehead atoms. The predicted molar refractivity (Wildman–Crippen MR) is 178 cm³/mol. The molecule has 0 aliphatic heterocycles. The molecule has 0 aromatic heterocycles. The molecule has 6 aromatic rings. The number of hydrogen-bond donors (Lipinski definition) is 0. The van der Waals surface area contributed by atoms with Gasteiger partial charge in [-0.1, -0.05) is 137 Å². The van der Waals surface area contributed by atoms with Crippen LogP contribution in [0.3, 0.4) is 0 Å². The van der Waals surface area contributed by atoms with Crippen molar-refractivity contribution < 1.29 is 17.1 Å². The predicted octanol–water partition coefficient (Wildman–Crippen LogP) is 9.82. The summed E-state index contributed by atoms with van der Waals surface area (Å²) in [6.07, 6.45) is 4.65. The Bertz CT molecular complexity index is 1260. The third kappa shape index (κ3) is 10.1. The monoisotopic (exact) mass is 610 g/mol. The fourth-order valence-corrected chi connectivity index (χ4v) is 9.59. The van der Waals surface area contributed by atoms with Crippen molar-refractivity contribution in [3.8, 4) is 0 Å². The van der Waals surface area contributed by atoms with E-state index < -0.39 is 0 Å². The molecule has 0 saturated heterocycles. The average Bonchev–Trinajstić information content (AvgIpc) is 3.75. The molecule has 0 radical (unpaired) electrons. The molecule has 0 atom stereocenters. The largest absolute Gasteiger partial charge is 2.00 e. The molecule has 0 unspecified atom stereocenters. The fourth-order valence-electron chi connectivity index (χ4n) is 4.84. The van der Waals surface area contributed by atoms with Gasteiger partial charge in [-0.05, 0) is 46.9 Å². The van der Waals surface area contributed by atoms with Crippen molar-refractivity contribution in [3.05, 3.63) is 192 Å². The third-order valence-electron chi connectivity index (χ3n) is 6.89. The quantitative estimate of drug-likeness (QED) is 0.0823. The second kappa shape index (κ2) is 17.0. The van der Waals surface area contributed by atoms with E-state index in [1.807, 2.05) is 0 Å². The van der Waals surface area contributed by atoms with E-state index in [2.05, 4.69) is 170 Å². The first-order valence-electron chi connectivity index (χ1n) is 13.9. The first kappa shape index (κ1) is 30.9. The molecule has 0 fully saturated rings. The second-order valence-corrected chi connectivity index (χ2v) is 14.4. The zero-order chi connectivity index (χ0) is 27.2. The van der Waals surface area contributed by atoms with E-state index in [-0.39, 0.29) is 32.9 Å². The summed E-state index contributed by atoms with van der Waals surface area (Å²) in [6.45, 7) is 0. The number of rotatable bonds is 10. The Kier molecular flexibility index (Phi) is 12.8. The van der Waals surface area contributed by atoms with Gasteiger partial charge in [-0.3, -0.25) is 0 Å². The number of hydrogen-bond acceptors (Lipinski definition) is 0. The topological polar surface area (TPSA) is 0 Å². The minimum atomic E-state index is -0.171. The average molecular weight is 610 g/mol. The second-order valence-electron chi connectivity index (χ2n) is 9.94. The molecule has 206 valence electrons. The molecule has 41 heavy (non-hydrogen) atoms. The van der Waals surface area contributed by atoms with Crippen LogP contribution in [-0.2, 0) is 41.7 Å². The van der Waals surface area contributed by atoms with Crippen LogP contribution in [0.25, 0.3) is 0 Å². The molecule has 0 saturated carbocycles. The first-order chi connectivity index (χ1) is 19.8. The Morgan fingerprint density at radius 1 is 0.341 bits per heavy atom. The van der Waals surface area contributed by atoms with Crippen LogP contribution in [0, 0.1) is 0 Å². The molecule has 0 aliphatic rings. The van der Waals surface area contributed by atoms with Crippen molar-refractivity contribution in [1.29, 1.82) is 0 Å². The van der Waals surface area contributed by atoms with Crippen LogP contribution in [0.5, 0.6) is 0 Å². The summed E-state index contributed by atoms with van der Waals surface area (Å²) in [5, 5.41) is 3.01. The van der Waals surface area contributed by atoms with Crippen molar-refractivity contribution in [2.45, 2.75) is 24.6 Å². The fraction of sp³-hybridized carbons (Fsp3) is 0.105. The zero-order valence-corrected chi connectivity index (χ0v) is 26.1. The van der Waals surface area contributed by atoms with Gasteiger partial charge in [0.2, 0.25) is 0 Å². The zero-order valence-electron chi connectivity index (χ0n) is 23.2. The van der Waals surface area contributed by atoms with Crippen molar-refractivity contribution >= 4 is 26.5 Å². The van der Waals surface area contributed by atoms with E-state index in [0.717, 1.165) is 24.6 Å². The van der Waals surface area contributed by atoms with E-state index in [4.69, 9.17) is 0 Å². The van der Waals surface area contributed by atoms with Crippen molar-refractivity contribution in [2.75, 3.05) is 0 Å². The molecule has 0 spiro atoms. The Morgan fingerprint density at radius 3 is 0.829 bits per heavy atom. The van der Waals surface area contributed by atoms with Crippen molar-refractivity contribution in [2.24, 2.45) is 0 Å². The summed E-state index contributed by atoms with van der Waals surface area (Å²) < 4.78 is 0. The minimum Gasteiger partial charge on any atom is -0.213 e. The summed E-state index contributed by atoms with van der Waals surface area (Å²) in [7, 11) is -0.343. The Hall–Kier alpha value is -3.04. The Morgan fingerprint density at radius 2 is 0.610 bits per heavy atom.